The maximum Gasteiger partial charge on any atom is 0.321 e. The van der Waals surface area contributed by atoms with Crippen molar-refractivity contribution >= 4 is 32.9 Å². The molecule has 3 heterocycles. The third kappa shape index (κ3) is 7.20. The van der Waals surface area contributed by atoms with Gasteiger partial charge in [0, 0.05) is 41.3 Å². The summed E-state index contributed by atoms with van der Waals surface area (Å²) in [4.78, 5) is 26.8. The number of rotatable bonds is 9. The van der Waals surface area contributed by atoms with Crippen LogP contribution in [0.15, 0.2) is 48.8 Å². The Morgan fingerprint density at radius 3 is 2.60 bits per heavy atom. The summed E-state index contributed by atoms with van der Waals surface area (Å²) >= 11 is 0. The first-order valence-electron chi connectivity index (χ1n) is 14.3. The summed E-state index contributed by atoms with van der Waals surface area (Å²) in [6.45, 7) is 6.64. The van der Waals surface area contributed by atoms with Gasteiger partial charge < -0.3 is 20.3 Å². The third-order valence-electron chi connectivity index (χ3n) is 7.90. The normalized spacial score (nSPS) is 17.2. The van der Waals surface area contributed by atoms with Crippen LogP contribution in [-0.2, 0) is 16.5 Å². The first kappa shape index (κ1) is 30.6. The third-order valence-corrected chi connectivity index (χ3v) is 8.70. The van der Waals surface area contributed by atoms with Gasteiger partial charge in [0.25, 0.3) is 10.1 Å². The molecule has 0 bridgehead atoms. The van der Waals surface area contributed by atoms with Crippen molar-refractivity contribution in [2.45, 2.75) is 46.1 Å². The van der Waals surface area contributed by atoms with Gasteiger partial charge in [0.05, 0.1) is 17.6 Å². The Labute approximate surface area is 250 Å². The lowest BCUT2D eigenvalue weighted by atomic mass is 9.95. The lowest BCUT2D eigenvalue weighted by molar-refractivity contribution is 0.132. The molecule has 43 heavy (non-hydrogen) atoms. The molecule has 2 amide bonds. The lowest BCUT2D eigenvalue weighted by Crippen LogP contribution is -2.34. The van der Waals surface area contributed by atoms with E-state index in [0.29, 0.717) is 58.8 Å². The van der Waals surface area contributed by atoms with E-state index < -0.39 is 22.0 Å². The molecule has 2 aromatic heterocycles. The number of amides is 2. The van der Waals surface area contributed by atoms with Gasteiger partial charge in [-0.05, 0) is 67.0 Å². The van der Waals surface area contributed by atoms with E-state index in [-0.39, 0.29) is 24.2 Å². The number of carbonyl (C=O) groups excluding carboxylic acids is 1. The number of aromatic nitrogens is 3. The number of β-amino-alcohol motifs (C(OH)–C–C–N with tert-alkyl or cyclic N) is 1. The Morgan fingerprint density at radius 1 is 1.16 bits per heavy atom. The average Bonchev–Trinajstić information content (AvgIpc) is 3.53. The molecule has 12 heteroatoms. The topological polar surface area (TPSA) is 149 Å². The molecule has 4 N–H and O–H groups in total. The largest absolute Gasteiger partial charge is 0.391 e. The van der Waals surface area contributed by atoms with Crippen molar-refractivity contribution < 1.29 is 27.3 Å². The minimum Gasteiger partial charge on any atom is -0.391 e. The van der Waals surface area contributed by atoms with Gasteiger partial charge in [-0.2, -0.15) is 8.42 Å². The number of nitrogens with one attached hydrogen (secondary N) is 2. The van der Waals surface area contributed by atoms with Crippen LogP contribution in [0.5, 0.6) is 0 Å². The van der Waals surface area contributed by atoms with Gasteiger partial charge in [0.1, 0.15) is 17.8 Å². The number of aliphatic hydroxyl groups excluding tert-OH is 1. The van der Waals surface area contributed by atoms with Gasteiger partial charge in [-0.15, -0.1) is 0 Å². The number of benzene rings is 2. The van der Waals surface area contributed by atoms with Crippen molar-refractivity contribution in [3.63, 3.8) is 0 Å². The minimum atomic E-state index is -3.99. The van der Waals surface area contributed by atoms with Gasteiger partial charge in [-0.1, -0.05) is 38.1 Å². The van der Waals surface area contributed by atoms with Crippen molar-refractivity contribution in [3.05, 3.63) is 65.7 Å². The van der Waals surface area contributed by atoms with Crippen LogP contribution in [0.4, 0.5) is 14.9 Å². The monoisotopic (exact) mass is 609 g/mol. The zero-order valence-electron chi connectivity index (χ0n) is 24.3. The molecular formula is C31H36FN5O5S. The molecule has 1 aliphatic heterocycles. The number of hydrogen-bond acceptors (Lipinski definition) is 6. The molecule has 1 fully saturated rings. The highest BCUT2D eigenvalue weighted by atomic mass is 32.2. The van der Waals surface area contributed by atoms with Crippen LogP contribution in [-0.4, -0.2) is 68.9 Å². The molecular weight excluding hydrogens is 573 g/mol. The summed E-state index contributed by atoms with van der Waals surface area (Å²) in [5.41, 5.74) is 5.14. The highest BCUT2D eigenvalue weighted by Gasteiger charge is 2.34. The predicted molar refractivity (Wildman–Crippen MR) is 164 cm³/mol. The van der Waals surface area contributed by atoms with Crippen LogP contribution in [0, 0.1) is 24.6 Å². The summed E-state index contributed by atoms with van der Waals surface area (Å²) in [7, 11) is -3.99. The zero-order chi connectivity index (χ0) is 30.9. The Kier molecular flexibility index (Phi) is 8.81. The number of carbonyl (C=O) groups is 1. The van der Waals surface area contributed by atoms with Gasteiger partial charge in [-0.3, -0.25) is 4.55 Å². The van der Waals surface area contributed by atoms with Gasteiger partial charge in [0.15, 0.2) is 0 Å². The fourth-order valence-electron chi connectivity index (χ4n) is 5.73. The molecule has 228 valence electrons. The number of likely N-dealkylation sites (tertiary alicyclic amines) is 1. The predicted octanol–water partition coefficient (Wildman–Crippen LogP) is 5.43. The minimum absolute atomic E-state index is 0.00768. The summed E-state index contributed by atoms with van der Waals surface area (Å²) in [5.74, 6) is -0.404. The van der Waals surface area contributed by atoms with Gasteiger partial charge >= 0.3 is 6.03 Å². The Hall–Kier alpha value is -3.87. The number of halogens is 1. The van der Waals surface area contributed by atoms with E-state index in [9.17, 15) is 22.7 Å². The van der Waals surface area contributed by atoms with Gasteiger partial charge in [0.2, 0.25) is 0 Å². The molecule has 0 saturated carbocycles. The summed E-state index contributed by atoms with van der Waals surface area (Å²) in [6.07, 6.45) is 2.46. The van der Waals surface area contributed by atoms with Gasteiger partial charge in [-0.25, -0.2) is 19.2 Å². The molecule has 1 saturated heterocycles. The van der Waals surface area contributed by atoms with Crippen molar-refractivity contribution in [1.29, 1.82) is 0 Å². The molecule has 1 aliphatic rings. The highest BCUT2D eigenvalue weighted by Crippen LogP contribution is 2.35. The summed E-state index contributed by atoms with van der Waals surface area (Å²) in [5, 5.41) is 14.0. The second kappa shape index (κ2) is 12.4. The summed E-state index contributed by atoms with van der Waals surface area (Å²) in [6, 6.07) is 11.8. The standard InChI is InChI=1S/C31H36FN5O5S/c1-18(2)11-22-15-37(16-28(22)38)31(39)36-26-13-23(32)12-24(19(26)3)29-25-14-27(35-30(25)34-17-33-29)21-8-6-20(7-9-21)5-4-10-43(40,41)42/h6-9,12-14,17-18,22,28,38H,4-5,10-11,15-16H2,1-3H3,(H,36,39)(H,33,34,35)(H,40,41,42)/t22-,28+/m1/s1. The van der Waals surface area contributed by atoms with Crippen molar-refractivity contribution in [1.82, 2.24) is 19.9 Å². The van der Waals surface area contributed by atoms with Crippen molar-refractivity contribution in [3.8, 4) is 22.5 Å². The highest BCUT2D eigenvalue weighted by molar-refractivity contribution is 7.85. The number of anilines is 1. The quantitative estimate of drug-likeness (QED) is 0.185. The number of H-pyrrole nitrogens is 1. The molecule has 5 rings (SSSR count). The smallest absolute Gasteiger partial charge is 0.321 e. The maximum absolute atomic E-state index is 14.9. The van der Waals surface area contributed by atoms with Crippen molar-refractivity contribution in [2.24, 2.45) is 11.8 Å². The number of hydrogen-bond donors (Lipinski definition) is 4. The van der Waals surface area contributed by atoms with E-state index in [1.807, 2.05) is 30.3 Å². The first-order valence-corrected chi connectivity index (χ1v) is 15.9. The van der Waals surface area contributed by atoms with E-state index in [1.54, 1.807) is 11.8 Å². The van der Waals surface area contributed by atoms with E-state index in [1.165, 1.54) is 18.5 Å². The SMILES string of the molecule is Cc1c(NC(=O)N2C[C@@H](CC(C)C)[C@@H](O)C2)cc(F)cc1-c1ncnc2[nH]c(-c3ccc(CCCS(=O)(=O)O)cc3)cc12. The number of aromatic amines is 1. The van der Waals surface area contributed by atoms with Crippen LogP contribution < -0.4 is 5.32 Å². The van der Waals surface area contributed by atoms with Crippen LogP contribution in [0.3, 0.4) is 0 Å². The molecule has 0 radical (unpaired) electrons. The summed E-state index contributed by atoms with van der Waals surface area (Å²) < 4.78 is 45.8. The first-order chi connectivity index (χ1) is 20.4. The van der Waals surface area contributed by atoms with Crippen LogP contribution >= 0.6 is 0 Å². The molecule has 4 aromatic rings. The van der Waals surface area contributed by atoms with E-state index >= 15 is 0 Å². The van der Waals surface area contributed by atoms with E-state index in [4.69, 9.17) is 4.55 Å². The molecule has 0 spiro atoms. The molecule has 2 atom stereocenters. The molecule has 10 nitrogen and oxygen atoms in total. The molecule has 2 aromatic carbocycles. The van der Waals surface area contributed by atoms with E-state index in [0.717, 1.165) is 23.2 Å². The molecule has 0 unspecified atom stereocenters. The lowest BCUT2D eigenvalue weighted by Gasteiger charge is -2.19. The van der Waals surface area contributed by atoms with Crippen LogP contribution in [0.1, 0.15) is 37.8 Å². The number of aliphatic hydroxyl groups is 1. The maximum atomic E-state index is 14.9. The second-order valence-corrected chi connectivity index (χ2v) is 13.2. The van der Waals surface area contributed by atoms with Crippen molar-refractivity contribution in [2.75, 3.05) is 24.2 Å². The fourth-order valence-corrected chi connectivity index (χ4v) is 6.24. The number of nitrogens with zero attached hydrogens (tertiary/aromatic N) is 3. The Bertz CT molecular complexity index is 1740. The number of urea groups is 1. The van der Waals surface area contributed by atoms with Crippen LogP contribution in [0.2, 0.25) is 0 Å². The van der Waals surface area contributed by atoms with E-state index in [2.05, 4.69) is 34.1 Å². The molecule has 0 aliphatic carbocycles. The fraction of sp³-hybridized carbons (Fsp3) is 0.387. The zero-order valence-corrected chi connectivity index (χ0v) is 25.2. The average molecular weight is 610 g/mol. The Balaban J connectivity index is 1.38. The number of aryl methyl sites for hydroxylation is 1. The van der Waals surface area contributed by atoms with Crippen LogP contribution in [0.25, 0.3) is 33.5 Å². The number of fused-ring (bicyclic) bond motifs is 1. The second-order valence-electron chi connectivity index (χ2n) is 11.7. The Morgan fingerprint density at radius 2 is 1.91 bits per heavy atom.